The highest BCUT2D eigenvalue weighted by Gasteiger charge is 2.41. The van der Waals surface area contributed by atoms with Crippen LogP contribution in [0.2, 0.25) is 0 Å². The highest BCUT2D eigenvalue weighted by Crippen LogP contribution is 2.49. The number of nitrogens with two attached hydrogens (primary N) is 1. The van der Waals surface area contributed by atoms with E-state index in [0.717, 1.165) is 18.4 Å². The van der Waals surface area contributed by atoms with Crippen LogP contribution >= 0.6 is 0 Å². The lowest BCUT2D eigenvalue weighted by Gasteiger charge is -2.16. The van der Waals surface area contributed by atoms with E-state index in [-0.39, 0.29) is 17.5 Å². The maximum atomic E-state index is 11.1. The Labute approximate surface area is 117 Å². The molecule has 7 nitrogen and oxygen atoms in total. The normalized spacial score (nSPS) is 18.3. The van der Waals surface area contributed by atoms with Crippen LogP contribution in [-0.4, -0.2) is 21.4 Å². The van der Waals surface area contributed by atoms with E-state index in [1.807, 2.05) is 0 Å². The molecule has 0 atom stereocenters. The number of aryl methyl sites for hydroxylation is 1. The molecule has 20 heavy (non-hydrogen) atoms. The fourth-order valence-corrected chi connectivity index (χ4v) is 2.91. The summed E-state index contributed by atoms with van der Waals surface area (Å²) >= 11 is 0. The summed E-state index contributed by atoms with van der Waals surface area (Å²) in [6.07, 6.45) is 5.15. The number of rotatable bonds is 6. The molecule has 0 amide bonds. The molecule has 0 aromatic carbocycles. The molecule has 108 valence electrons. The zero-order valence-electron chi connectivity index (χ0n) is 11.5. The molecule has 1 aromatic heterocycles. The first kappa shape index (κ1) is 13.1. The van der Waals surface area contributed by atoms with Gasteiger partial charge in [-0.3, -0.25) is 10.1 Å². The molecule has 1 heterocycles. The Hall–Kier alpha value is -1.92. The zero-order chi connectivity index (χ0) is 14.3. The summed E-state index contributed by atoms with van der Waals surface area (Å²) in [6.45, 7) is 2.33. The van der Waals surface area contributed by atoms with E-state index in [9.17, 15) is 10.1 Å². The highest BCUT2D eigenvalue weighted by atomic mass is 16.6. The third-order valence-corrected chi connectivity index (χ3v) is 4.22. The molecule has 0 saturated heterocycles. The van der Waals surface area contributed by atoms with Crippen molar-refractivity contribution in [2.45, 2.75) is 32.6 Å². The Balaban J connectivity index is 1.77. The van der Waals surface area contributed by atoms with Crippen LogP contribution in [0.3, 0.4) is 0 Å². The average molecular weight is 277 g/mol. The number of hydrogen-bond donors (Lipinski definition) is 2. The van der Waals surface area contributed by atoms with Gasteiger partial charge in [0.1, 0.15) is 5.69 Å². The predicted molar refractivity (Wildman–Crippen MR) is 75.3 cm³/mol. The standard InChI is InChI=1S/C13H19N5O2/c1-7-11(18(19)20)12(17-13(14)16-7)15-6-10(8-2-3-8)9-4-5-9/h8-10H,2-6H2,1H3,(H3,14,15,16,17). The van der Waals surface area contributed by atoms with Gasteiger partial charge in [0.2, 0.25) is 11.8 Å². The quantitative estimate of drug-likeness (QED) is 0.609. The zero-order valence-corrected chi connectivity index (χ0v) is 11.5. The van der Waals surface area contributed by atoms with E-state index in [1.165, 1.54) is 25.7 Å². The van der Waals surface area contributed by atoms with E-state index in [4.69, 9.17) is 5.73 Å². The lowest BCUT2D eigenvalue weighted by Crippen LogP contribution is -2.20. The molecule has 2 aliphatic carbocycles. The van der Waals surface area contributed by atoms with Crippen molar-refractivity contribution in [2.75, 3.05) is 17.6 Å². The smallest absolute Gasteiger partial charge is 0.332 e. The van der Waals surface area contributed by atoms with Gasteiger partial charge >= 0.3 is 5.69 Å². The molecule has 2 aliphatic rings. The molecule has 7 heteroatoms. The number of aromatic nitrogens is 2. The number of nitrogen functional groups attached to an aromatic ring is 1. The Kier molecular flexibility index (Phi) is 3.19. The first-order valence-corrected chi connectivity index (χ1v) is 7.08. The van der Waals surface area contributed by atoms with Crippen LogP contribution in [0.15, 0.2) is 0 Å². The number of nitro groups is 1. The van der Waals surface area contributed by atoms with Crippen molar-refractivity contribution >= 4 is 17.5 Å². The maximum absolute atomic E-state index is 11.1. The van der Waals surface area contributed by atoms with Crippen molar-refractivity contribution in [1.82, 2.24) is 9.97 Å². The molecule has 3 rings (SSSR count). The van der Waals surface area contributed by atoms with Gasteiger partial charge in [-0.05, 0) is 50.4 Å². The number of anilines is 2. The third kappa shape index (κ3) is 2.66. The van der Waals surface area contributed by atoms with Crippen LogP contribution in [0, 0.1) is 34.8 Å². The SMILES string of the molecule is Cc1nc(N)nc(NCC(C2CC2)C2CC2)c1[N+](=O)[O-]. The van der Waals surface area contributed by atoms with Crippen molar-refractivity contribution in [2.24, 2.45) is 17.8 Å². The van der Waals surface area contributed by atoms with E-state index in [0.29, 0.717) is 11.6 Å². The summed E-state index contributed by atoms with van der Waals surface area (Å²) in [6, 6.07) is 0. The van der Waals surface area contributed by atoms with Crippen molar-refractivity contribution in [3.05, 3.63) is 15.8 Å². The Bertz CT molecular complexity index is 528. The van der Waals surface area contributed by atoms with Gasteiger partial charge in [0.25, 0.3) is 0 Å². The van der Waals surface area contributed by atoms with Crippen molar-refractivity contribution in [3.8, 4) is 0 Å². The van der Waals surface area contributed by atoms with Gasteiger partial charge in [-0.25, -0.2) is 4.98 Å². The van der Waals surface area contributed by atoms with Crippen molar-refractivity contribution in [3.63, 3.8) is 0 Å². The van der Waals surface area contributed by atoms with Crippen molar-refractivity contribution in [1.29, 1.82) is 0 Å². The van der Waals surface area contributed by atoms with Crippen LogP contribution in [0.5, 0.6) is 0 Å². The van der Waals surface area contributed by atoms with Crippen LogP contribution in [0.25, 0.3) is 0 Å². The van der Waals surface area contributed by atoms with Crippen LogP contribution in [0.1, 0.15) is 31.4 Å². The number of nitrogens with one attached hydrogen (secondary N) is 1. The molecule has 0 radical (unpaired) electrons. The molecule has 2 fully saturated rings. The van der Waals surface area contributed by atoms with Gasteiger partial charge in [-0.1, -0.05) is 0 Å². The maximum Gasteiger partial charge on any atom is 0.332 e. The molecular weight excluding hydrogens is 258 g/mol. The van der Waals surface area contributed by atoms with E-state index >= 15 is 0 Å². The summed E-state index contributed by atoms with van der Waals surface area (Å²) in [5.41, 5.74) is 5.83. The van der Waals surface area contributed by atoms with Gasteiger partial charge in [-0.2, -0.15) is 4.98 Å². The fourth-order valence-electron chi connectivity index (χ4n) is 2.91. The summed E-state index contributed by atoms with van der Waals surface area (Å²) in [7, 11) is 0. The Morgan fingerprint density at radius 2 is 1.95 bits per heavy atom. The molecule has 1 aromatic rings. The van der Waals surface area contributed by atoms with Gasteiger partial charge in [0.15, 0.2) is 0 Å². The number of hydrogen-bond acceptors (Lipinski definition) is 6. The van der Waals surface area contributed by atoms with Crippen LogP contribution in [0.4, 0.5) is 17.5 Å². The van der Waals surface area contributed by atoms with E-state index < -0.39 is 4.92 Å². The number of nitrogens with zero attached hydrogens (tertiary/aromatic N) is 3. The van der Waals surface area contributed by atoms with E-state index in [2.05, 4.69) is 15.3 Å². The minimum Gasteiger partial charge on any atom is -0.368 e. The summed E-state index contributed by atoms with van der Waals surface area (Å²) in [5, 5.41) is 14.3. The molecule has 2 saturated carbocycles. The lowest BCUT2D eigenvalue weighted by molar-refractivity contribution is -0.385. The molecule has 0 unspecified atom stereocenters. The minimum absolute atomic E-state index is 0.0652. The Morgan fingerprint density at radius 3 is 2.45 bits per heavy atom. The predicted octanol–water partition coefficient (Wildman–Crippen LogP) is 2.12. The Morgan fingerprint density at radius 1 is 1.35 bits per heavy atom. The van der Waals surface area contributed by atoms with Gasteiger partial charge in [-0.15, -0.1) is 0 Å². The summed E-state index contributed by atoms with van der Waals surface area (Å²) in [5.74, 6) is 2.52. The molecular formula is C13H19N5O2. The van der Waals surface area contributed by atoms with E-state index in [1.54, 1.807) is 6.92 Å². The molecule has 3 N–H and O–H groups in total. The van der Waals surface area contributed by atoms with Gasteiger partial charge in [0, 0.05) is 6.54 Å². The fraction of sp³-hybridized carbons (Fsp3) is 0.692. The first-order valence-electron chi connectivity index (χ1n) is 7.08. The second-order valence-electron chi connectivity index (χ2n) is 5.84. The second-order valence-corrected chi connectivity index (χ2v) is 5.84. The first-order chi connectivity index (χ1) is 9.56. The van der Waals surface area contributed by atoms with Gasteiger partial charge < -0.3 is 11.1 Å². The van der Waals surface area contributed by atoms with Crippen molar-refractivity contribution < 1.29 is 4.92 Å². The topological polar surface area (TPSA) is 107 Å². The third-order valence-electron chi connectivity index (χ3n) is 4.22. The summed E-state index contributed by atoms with van der Waals surface area (Å²) in [4.78, 5) is 18.6. The molecule has 0 aliphatic heterocycles. The molecule has 0 spiro atoms. The van der Waals surface area contributed by atoms with Crippen LogP contribution < -0.4 is 11.1 Å². The highest BCUT2D eigenvalue weighted by molar-refractivity contribution is 5.60. The molecule has 0 bridgehead atoms. The largest absolute Gasteiger partial charge is 0.368 e. The average Bonchev–Trinajstić information content (AvgIpc) is 3.23. The minimum atomic E-state index is -0.444. The summed E-state index contributed by atoms with van der Waals surface area (Å²) < 4.78 is 0. The second kappa shape index (κ2) is 4.88. The van der Waals surface area contributed by atoms with Crippen LogP contribution in [-0.2, 0) is 0 Å². The van der Waals surface area contributed by atoms with Gasteiger partial charge in [0.05, 0.1) is 4.92 Å². The monoisotopic (exact) mass is 277 g/mol. The lowest BCUT2D eigenvalue weighted by atomic mass is 9.98.